The van der Waals surface area contributed by atoms with Gasteiger partial charge >= 0.3 is 0 Å². The van der Waals surface area contributed by atoms with Crippen molar-refractivity contribution in [1.29, 1.82) is 5.26 Å². The van der Waals surface area contributed by atoms with Gasteiger partial charge in [-0.05, 0) is 31.2 Å². The Morgan fingerprint density at radius 3 is 2.56 bits per heavy atom. The number of benzene rings is 1. The predicted octanol–water partition coefficient (Wildman–Crippen LogP) is 1.58. The normalized spacial score (nSPS) is 11.2. The van der Waals surface area contributed by atoms with Crippen molar-refractivity contribution in [1.82, 2.24) is 5.32 Å². The first-order valence-electron chi connectivity index (χ1n) is 5.29. The molecule has 18 heavy (non-hydrogen) atoms. The highest BCUT2D eigenvalue weighted by atomic mass is 35.5. The number of nitriles is 1. The van der Waals surface area contributed by atoms with Crippen LogP contribution in [0.3, 0.4) is 0 Å². The number of nitrogens with two attached hydrogens (primary N) is 1. The largest absolute Gasteiger partial charge is 0.384 e. The van der Waals surface area contributed by atoms with E-state index >= 15 is 0 Å². The van der Waals surface area contributed by atoms with Crippen molar-refractivity contribution in [3.8, 4) is 6.07 Å². The molecule has 0 radical (unpaired) electrons. The molecule has 0 saturated heterocycles. The second-order valence-corrected chi connectivity index (χ2v) is 3.83. The smallest absolute Gasteiger partial charge is 0.265 e. The Morgan fingerprint density at radius 2 is 2.06 bits per heavy atom. The summed E-state index contributed by atoms with van der Waals surface area (Å²) < 4.78 is 0. The van der Waals surface area contributed by atoms with Crippen LogP contribution in [0.5, 0.6) is 0 Å². The molecule has 1 aromatic carbocycles. The number of carbonyl (C=O) groups is 1. The fraction of sp³-hybridized carbons (Fsp3) is 0.167. The highest BCUT2D eigenvalue weighted by molar-refractivity contribution is 6.30. The van der Waals surface area contributed by atoms with Gasteiger partial charge in [-0.1, -0.05) is 11.6 Å². The minimum Gasteiger partial charge on any atom is -0.384 e. The lowest BCUT2D eigenvalue weighted by Crippen LogP contribution is -2.28. The first-order chi connectivity index (χ1) is 8.58. The molecule has 0 unspecified atom stereocenters. The van der Waals surface area contributed by atoms with Gasteiger partial charge in [0, 0.05) is 17.3 Å². The summed E-state index contributed by atoms with van der Waals surface area (Å²) in [5.74, 6) is -0.496. The molecule has 0 bridgehead atoms. The quantitative estimate of drug-likeness (QED) is 0.569. The third-order valence-electron chi connectivity index (χ3n) is 2.07. The number of anilines is 1. The van der Waals surface area contributed by atoms with Crippen LogP contribution in [0.25, 0.3) is 0 Å². The summed E-state index contributed by atoms with van der Waals surface area (Å²) in [4.78, 5) is 11.5. The first kappa shape index (κ1) is 13.9. The molecule has 0 fully saturated rings. The van der Waals surface area contributed by atoms with Gasteiger partial charge in [0.1, 0.15) is 11.9 Å². The molecule has 0 aliphatic carbocycles. The van der Waals surface area contributed by atoms with Gasteiger partial charge in [0.15, 0.2) is 5.57 Å². The summed E-state index contributed by atoms with van der Waals surface area (Å²) in [5.41, 5.74) is 6.18. The lowest BCUT2D eigenvalue weighted by Gasteiger charge is -2.08. The molecule has 1 amide bonds. The molecule has 0 saturated carbocycles. The molecule has 0 aliphatic heterocycles. The molecule has 94 valence electrons. The van der Waals surface area contributed by atoms with Crippen molar-refractivity contribution >= 4 is 23.2 Å². The number of halogens is 1. The van der Waals surface area contributed by atoms with E-state index in [1.54, 1.807) is 37.3 Å². The van der Waals surface area contributed by atoms with E-state index in [0.29, 0.717) is 17.3 Å². The van der Waals surface area contributed by atoms with Crippen LogP contribution in [0.4, 0.5) is 5.69 Å². The van der Waals surface area contributed by atoms with Gasteiger partial charge in [-0.15, -0.1) is 0 Å². The lowest BCUT2D eigenvalue weighted by molar-refractivity contribution is -0.117. The number of amides is 1. The molecule has 4 N–H and O–H groups in total. The van der Waals surface area contributed by atoms with E-state index in [1.165, 1.54) is 0 Å². The summed E-state index contributed by atoms with van der Waals surface area (Å²) in [5, 5.41) is 14.8. The zero-order chi connectivity index (χ0) is 13.5. The highest BCUT2D eigenvalue weighted by Crippen LogP contribution is 2.14. The van der Waals surface area contributed by atoms with E-state index < -0.39 is 5.91 Å². The Hall–Kier alpha value is -2.19. The molecule has 0 spiro atoms. The maximum atomic E-state index is 11.5. The molecule has 6 heteroatoms. The van der Waals surface area contributed by atoms with Crippen LogP contribution in [0.15, 0.2) is 35.7 Å². The summed E-state index contributed by atoms with van der Waals surface area (Å²) in [7, 11) is 0. The van der Waals surface area contributed by atoms with E-state index in [4.69, 9.17) is 22.6 Å². The minimum absolute atomic E-state index is 0.00534. The van der Waals surface area contributed by atoms with Gasteiger partial charge in [0.05, 0.1) is 0 Å². The summed E-state index contributed by atoms with van der Waals surface area (Å²) in [6.07, 6.45) is 0. The predicted molar refractivity (Wildman–Crippen MR) is 70.6 cm³/mol. The SMILES string of the molecule is CCNC(=O)/C(C#N)=C(/N)Nc1ccc(Cl)cc1. The number of rotatable bonds is 4. The van der Waals surface area contributed by atoms with Gasteiger partial charge < -0.3 is 16.4 Å². The Balaban J connectivity index is 2.90. The lowest BCUT2D eigenvalue weighted by atomic mass is 10.2. The molecule has 1 rings (SSSR count). The Labute approximate surface area is 110 Å². The van der Waals surface area contributed by atoms with Crippen molar-refractivity contribution in [3.05, 3.63) is 40.7 Å². The highest BCUT2D eigenvalue weighted by Gasteiger charge is 2.12. The number of hydrogen-bond acceptors (Lipinski definition) is 4. The van der Waals surface area contributed by atoms with Crippen LogP contribution < -0.4 is 16.4 Å². The maximum Gasteiger partial charge on any atom is 0.265 e. The monoisotopic (exact) mass is 264 g/mol. The van der Waals surface area contributed by atoms with E-state index in [-0.39, 0.29) is 11.4 Å². The van der Waals surface area contributed by atoms with E-state index in [0.717, 1.165) is 0 Å². The number of hydrogen-bond donors (Lipinski definition) is 3. The average Bonchev–Trinajstić information content (AvgIpc) is 2.33. The zero-order valence-electron chi connectivity index (χ0n) is 9.83. The van der Waals surface area contributed by atoms with Crippen LogP contribution in [0.1, 0.15) is 6.92 Å². The Bertz CT molecular complexity index is 502. The molecule has 0 heterocycles. The second kappa shape index (κ2) is 6.52. The van der Waals surface area contributed by atoms with Crippen molar-refractivity contribution in [3.63, 3.8) is 0 Å². The van der Waals surface area contributed by atoms with Gasteiger partial charge in [0.2, 0.25) is 0 Å². The standard InChI is InChI=1S/C12H13ClN4O/c1-2-16-12(18)10(7-14)11(15)17-9-5-3-8(13)4-6-9/h3-6,17H,2,15H2,1H3,(H,16,18)/b11-10-. The molecule has 0 aliphatic rings. The maximum absolute atomic E-state index is 11.5. The van der Waals surface area contributed by atoms with Crippen LogP contribution in [0.2, 0.25) is 5.02 Å². The topological polar surface area (TPSA) is 90.9 Å². The molecular weight excluding hydrogens is 252 g/mol. The van der Waals surface area contributed by atoms with E-state index in [9.17, 15) is 4.79 Å². The Morgan fingerprint density at radius 1 is 1.44 bits per heavy atom. The van der Waals surface area contributed by atoms with Crippen LogP contribution in [-0.4, -0.2) is 12.5 Å². The van der Waals surface area contributed by atoms with Gasteiger partial charge in [-0.3, -0.25) is 4.79 Å². The molecular formula is C12H13ClN4O. The molecule has 5 nitrogen and oxygen atoms in total. The third kappa shape index (κ3) is 3.68. The van der Waals surface area contributed by atoms with E-state index in [1.807, 2.05) is 0 Å². The fourth-order valence-electron chi connectivity index (χ4n) is 1.23. The van der Waals surface area contributed by atoms with Gasteiger partial charge in [0.25, 0.3) is 5.91 Å². The Kier molecular flexibility index (Phi) is 5.03. The summed E-state index contributed by atoms with van der Waals surface area (Å²) in [6, 6.07) is 8.52. The zero-order valence-corrected chi connectivity index (χ0v) is 10.6. The number of nitrogens with one attached hydrogen (secondary N) is 2. The van der Waals surface area contributed by atoms with Gasteiger partial charge in [-0.25, -0.2) is 0 Å². The average molecular weight is 265 g/mol. The van der Waals surface area contributed by atoms with Crippen LogP contribution in [-0.2, 0) is 4.79 Å². The van der Waals surface area contributed by atoms with Crippen molar-refractivity contribution < 1.29 is 4.79 Å². The summed E-state index contributed by atoms with van der Waals surface area (Å²) in [6.45, 7) is 2.19. The number of likely N-dealkylation sites (N-methyl/N-ethyl adjacent to an activating group) is 1. The molecule has 0 aromatic heterocycles. The third-order valence-corrected chi connectivity index (χ3v) is 2.32. The number of carbonyl (C=O) groups excluding carboxylic acids is 1. The molecule has 0 atom stereocenters. The van der Waals surface area contributed by atoms with Crippen molar-refractivity contribution in [2.24, 2.45) is 5.73 Å². The van der Waals surface area contributed by atoms with Gasteiger partial charge in [-0.2, -0.15) is 5.26 Å². The fourth-order valence-corrected chi connectivity index (χ4v) is 1.36. The van der Waals surface area contributed by atoms with Crippen molar-refractivity contribution in [2.45, 2.75) is 6.92 Å². The first-order valence-corrected chi connectivity index (χ1v) is 5.67. The van der Waals surface area contributed by atoms with Crippen LogP contribution in [0, 0.1) is 11.3 Å². The summed E-state index contributed by atoms with van der Waals surface area (Å²) >= 11 is 5.74. The number of nitrogens with zero attached hydrogens (tertiary/aromatic N) is 1. The van der Waals surface area contributed by atoms with E-state index in [2.05, 4.69) is 10.6 Å². The van der Waals surface area contributed by atoms with Crippen molar-refractivity contribution in [2.75, 3.05) is 11.9 Å². The minimum atomic E-state index is -0.501. The molecule has 1 aromatic rings. The van der Waals surface area contributed by atoms with Crippen LogP contribution >= 0.6 is 11.6 Å². The second-order valence-electron chi connectivity index (χ2n) is 3.39.